The van der Waals surface area contributed by atoms with Crippen LogP contribution in [-0.4, -0.2) is 22.9 Å². The molecule has 3 unspecified atom stereocenters. The lowest BCUT2D eigenvalue weighted by atomic mass is 10.0. The van der Waals surface area contributed by atoms with E-state index in [0.717, 1.165) is 12.8 Å². The van der Waals surface area contributed by atoms with Crippen molar-refractivity contribution in [3.8, 4) is 0 Å². The Morgan fingerprint density at radius 2 is 2.45 bits per heavy atom. The zero-order valence-electron chi connectivity index (χ0n) is 7.21. The Labute approximate surface area is 67.9 Å². The number of aliphatic hydroxyl groups excluding tert-OH is 1. The van der Waals surface area contributed by atoms with Crippen molar-refractivity contribution in [2.75, 3.05) is 0 Å². The molecule has 0 radical (unpaired) electrons. The van der Waals surface area contributed by atoms with Crippen LogP contribution in [0.4, 0.5) is 0 Å². The third-order valence-electron chi connectivity index (χ3n) is 2.32. The van der Waals surface area contributed by atoms with E-state index in [-0.39, 0.29) is 17.8 Å². The first-order valence-electron chi connectivity index (χ1n) is 4.07. The molecule has 3 atom stereocenters. The minimum Gasteiger partial charge on any atom is -0.391 e. The number of ether oxygens (including phenoxy) is 1. The molecule has 0 aromatic rings. The molecule has 2 nitrogen and oxygen atoms in total. The van der Waals surface area contributed by atoms with Crippen molar-refractivity contribution in [3.63, 3.8) is 0 Å². The first kappa shape index (κ1) is 8.75. The SMILES string of the molecule is C=CC1(C)CCC(C(C)O)O1. The Morgan fingerprint density at radius 1 is 1.82 bits per heavy atom. The Morgan fingerprint density at radius 3 is 2.73 bits per heavy atom. The number of aliphatic hydroxyl groups is 1. The molecule has 0 aromatic heterocycles. The van der Waals surface area contributed by atoms with Gasteiger partial charge in [-0.15, -0.1) is 6.58 Å². The van der Waals surface area contributed by atoms with Gasteiger partial charge in [0, 0.05) is 0 Å². The van der Waals surface area contributed by atoms with E-state index in [1.165, 1.54) is 0 Å². The Kier molecular flexibility index (Phi) is 2.35. The van der Waals surface area contributed by atoms with Gasteiger partial charge in [-0.25, -0.2) is 0 Å². The fourth-order valence-corrected chi connectivity index (χ4v) is 1.38. The molecule has 0 bridgehead atoms. The van der Waals surface area contributed by atoms with Gasteiger partial charge in [-0.05, 0) is 26.7 Å². The smallest absolute Gasteiger partial charge is 0.0844 e. The van der Waals surface area contributed by atoms with Crippen LogP contribution in [0.1, 0.15) is 26.7 Å². The molecule has 0 spiro atoms. The van der Waals surface area contributed by atoms with Crippen LogP contribution < -0.4 is 0 Å². The maximum absolute atomic E-state index is 9.22. The van der Waals surface area contributed by atoms with Crippen molar-refractivity contribution in [2.45, 2.75) is 44.5 Å². The average molecular weight is 156 g/mol. The molecule has 2 heteroatoms. The topological polar surface area (TPSA) is 29.5 Å². The average Bonchev–Trinajstić information content (AvgIpc) is 2.33. The molecule has 0 aliphatic carbocycles. The van der Waals surface area contributed by atoms with Gasteiger partial charge >= 0.3 is 0 Å². The second-order valence-electron chi connectivity index (χ2n) is 3.45. The standard InChI is InChI=1S/C9H16O2/c1-4-9(3)6-5-8(11-9)7(2)10/h4,7-8,10H,1,5-6H2,2-3H3. The highest BCUT2D eigenvalue weighted by Crippen LogP contribution is 2.32. The van der Waals surface area contributed by atoms with Crippen molar-refractivity contribution in [1.29, 1.82) is 0 Å². The van der Waals surface area contributed by atoms with Crippen LogP contribution >= 0.6 is 0 Å². The second-order valence-corrected chi connectivity index (χ2v) is 3.45. The molecule has 1 rings (SSSR count). The predicted molar refractivity (Wildman–Crippen MR) is 44.4 cm³/mol. The third kappa shape index (κ3) is 1.82. The molecule has 1 fully saturated rings. The maximum Gasteiger partial charge on any atom is 0.0844 e. The van der Waals surface area contributed by atoms with Crippen molar-refractivity contribution in [1.82, 2.24) is 0 Å². The van der Waals surface area contributed by atoms with Gasteiger partial charge in [0.2, 0.25) is 0 Å². The van der Waals surface area contributed by atoms with Crippen molar-refractivity contribution >= 4 is 0 Å². The Balaban J connectivity index is 2.52. The number of hydrogen-bond acceptors (Lipinski definition) is 2. The summed E-state index contributed by atoms with van der Waals surface area (Å²) in [5.74, 6) is 0. The summed E-state index contributed by atoms with van der Waals surface area (Å²) in [6, 6.07) is 0. The van der Waals surface area contributed by atoms with Crippen LogP contribution in [0.5, 0.6) is 0 Å². The van der Waals surface area contributed by atoms with Crippen molar-refractivity contribution < 1.29 is 9.84 Å². The van der Waals surface area contributed by atoms with Crippen LogP contribution in [0.3, 0.4) is 0 Å². The van der Waals surface area contributed by atoms with Crippen molar-refractivity contribution in [3.05, 3.63) is 12.7 Å². The van der Waals surface area contributed by atoms with Gasteiger partial charge in [-0.3, -0.25) is 0 Å². The van der Waals surface area contributed by atoms with E-state index in [1.54, 1.807) is 6.92 Å². The summed E-state index contributed by atoms with van der Waals surface area (Å²) in [6.07, 6.45) is 3.34. The van der Waals surface area contributed by atoms with Crippen LogP contribution in [0.25, 0.3) is 0 Å². The second kappa shape index (κ2) is 2.95. The van der Waals surface area contributed by atoms with E-state index in [9.17, 15) is 5.11 Å². The molecule has 0 aromatic carbocycles. The van der Waals surface area contributed by atoms with E-state index in [0.29, 0.717) is 0 Å². The molecule has 1 aliphatic rings. The van der Waals surface area contributed by atoms with E-state index in [2.05, 4.69) is 6.58 Å². The summed E-state index contributed by atoms with van der Waals surface area (Å²) in [7, 11) is 0. The fraction of sp³-hybridized carbons (Fsp3) is 0.778. The minimum absolute atomic E-state index is 0.00185. The highest BCUT2D eigenvalue weighted by Gasteiger charge is 2.35. The lowest BCUT2D eigenvalue weighted by Crippen LogP contribution is -2.27. The lowest BCUT2D eigenvalue weighted by Gasteiger charge is -2.21. The van der Waals surface area contributed by atoms with Crippen LogP contribution in [0, 0.1) is 0 Å². The normalized spacial score (nSPS) is 40.5. The minimum atomic E-state index is -0.364. The largest absolute Gasteiger partial charge is 0.391 e. The zero-order valence-corrected chi connectivity index (χ0v) is 7.21. The molecule has 1 N–H and O–H groups in total. The van der Waals surface area contributed by atoms with E-state index in [1.807, 2.05) is 13.0 Å². The van der Waals surface area contributed by atoms with Gasteiger partial charge in [-0.2, -0.15) is 0 Å². The molecule has 1 heterocycles. The first-order chi connectivity index (χ1) is 5.07. The lowest BCUT2D eigenvalue weighted by molar-refractivity contribution is -0.0516. The summed E-state index contributed by atoms with van der Waals surface area (Å²) in [5, 5.41) is 9.22. The zero-order chi connectivity index (χ0) is 8.48. The van der Waals surface area contributed by atoms with Crippen LogP contribution in [0.15, 0.2) is 12.7 Å². The van der Waals surface area contributed by atoms with Gasteiger partial charge in [0.1, 0.15) is 0 Å². The van der Waals surface area contributed by atoms with E-state index >= 15 is 0 Å². The monoisotopic (exact) mass is 156 g/mol. The van der Waals surface area contributed by atoms with Gasteiger partial charge in [0.05, 0.1) is 17.8 Å². The predicted octanol–water partition coefficient (Wildman–Crippen LogP) is 1.49. The summed E-state index contributed by atoms with van der Waals surface area (Å²) in [5.41, 5.74) is -0.207. The highest BCUT2D eigenvalue weighted by atomic mass is 16.5. The molecule has 1 saturated heterocycles. The molecule has 64 valence electrons. The molecule has 0 saturated carbocycles. The fourth-order valence-electron chi connectivity index (χ4n) is 1.38. The first-order valence-corrected chi connectivity index (χ1v) is 4.07. The number of rotatable bonds is 2. The molecular weight excluding hydrogens is 140 g/mol. The van der Waals surface area contributed by atoms with Crippen molar-refractivity contribution in [2.24, 2.45) is 0 Å². The van der Waals surface area contributed by atoms with Crippen LogP contribution in [-0.2, 0) is 4.74 Å². The summed E-state index contributed by atoms with van der Waals surface area (Å²) in [4.78, 5) is 0. The van der Waals surface area contributed by atoms with Gasteiger partial charge in [0.15, 0.2) is 0 Å². The van der Waals surface area contributed by atoms with Gasteiger partial charge in [0.25, 0.3) is 0 Å². The third-order valence-corrected chi connectivity index (χ3v) is 2.32. The van der Waals surface area contributed by atoms with Gasteiger partial charge in [-0.1, -0.05) is 6.08 Å². The molecule has 11 heavy (non-hydrogen) atoms. The molecule has 0 amide bonds. The van der Waals surface area contributed by atoms with Crippen LogP contribution in [0.2, 0.25) is 0 Å². The Bertz CT molecular complexity index is 154. The summed E-state index contributed by atoms with van der Waals surface area (Å²) >= 11 is 0. The highest BCUT2D eigenvalue weighted by molar-refractivity contribution is 4.99. The molecular formula is C9H16O2. The maximum atomic E-state index is 9.22. The summed E-state index contributed by atoms with van der Waals surface area (Å²) < 4.78 is 5.59. The number of hydrogen-bond donors (Lipinski definition) is 1. The van der Waals surface area contributed by atoms with E-state index in [4.69, 9.17) is 4.74 Å². The summed E-state index contributed by atoms with van der Waals surface area (Å²) in [6.45, 7) is 7.47. The van der Waals surface area contributed by atoms with Gasteiger partial charge < -0.3 is 9.84 Å². The molecule has 1 aliphatic heterocycles. The van der Waals surface area contributed by atoms with E-state index < -0.39 is 0 Å². The quantitative estimate of drug-likeness (QED) is 0.614. The Hall–Kier alpha value is -0.340.